The number of β-amino-alcohol motifs (C(OH)–C–C–N with tert-alkyl or cyclic N) is 1. The van der Waals surface area contributed by atoms with Gasteiger partial charge < -0.3 is 9.84 Å². The molecule has 2 unspecified atom stereocenters. The van der Waals surface area contributed by atoms with Crippen molar-refractivity contribution in [3.63, 3.8) is 0 Å². The first-order chi connectivity index (χ1) is 8.25. The molecule has 100 valence electrons. The third-order valence-corrected chi connectivity index (χ3v) is 4.75. The van der Waals surface area contributed by atoms with E-state index >= 15 is 0 Å². The number of thioether (sulfide) groups is 1. The predicted molar refractivity (Wildman–Crippen MR) is 71.6 cm³/mol. The summed E-state index contributed by atoms with van der Waals surface area (Å²) in [7, 11) is 2.14. The molecule has 0 radical (unpaired) electrons. The number of hydrogen-bond acceptors (Lipinski definition) is 5. The van der Waals surface area contributed by atoms with E-state index in [0.29, 0.717) is 6.04 Å². The summed E-state index contributed by atoms with van der Waals surface area (Å²) in [5.74, 6) is 2.50. The fourth-order valence-corrected chi connectivity index (χ4v) is 3.79. The van der Waals surface area contributed by atoms with Gasteiger partial charge in [0.05, 0.1) is 19.3 Å². The van der Waals surface area contributed by atoms with Crippen molar-refractivity contribution in [2.24, 2.45) is 0 Å². The number of rotatable bonds is 5. The zero-order valence-electron chi connectivity index (χ0n) is 10.7. The molecule has 1 N–H and O–H groups in total. The SMILES string of the molecule is CN(CC(O)CN1CCOCC1)C1CCSC1. The number of hydrogen-bond donors (Lipinski definition) is 1. The van der Waals surface area contributed by atoms with Gasteiger partial charge in [-0.3, -0.25) is 9.80 Å². The zero-order valence-corrected chi connectivity index (χ0v) is 11.5. The highest BCUT2D eigenvalue weighted by Crippen LogP contribution is 2.21. The Morgan fingerprint density at radius 3 is 2.88 bits per heavy atom. The van der Waals surface area contributed by atoms with Crippen LogP contribution >= 0.6 is 11.8 Å². The molecule has 0 aliphatic carbocycles. The smallest absolute Gasteiger partial charge is 0.0793 e. The third-order valence-electron chi connectivity index (χ3n) is 3.60. The van der Waals surface area contributed by atoms with Crippen LogP contribution in [0.1, 0.15) is 6.42 Å². The van der Waals surface area contributed by atoms with Gasteiger partial charge in [-0.15, -0.1) is 0 Å². The largest absolute Gasteiger partial charge is 0.390 e. The lowest BCUT2D eigenvalue weighted by Gasteiger charge is -2.31. The summed E-state index contributed by atoms with van der Waals surface area (Å²) in [4.78, 5) is 4.62. The molecular weight excluding hydrogens is 236 g/mol. The maximum absolute atomic E-state index is 10.1. The van der Waals surface area contributed by atoms with Crippen LogP contribution in [0.25, 0.3) is 0 Å². The van der Waals surface area contributed by atoms with Crippen LogP contribution in [0.15, 0.2) is 0 Å². The number of aliphatic hydroxyl groups excluding tert-OH is 1. The van der Waals surface area contributed by atoms with Crippen molar-refractivity contribution < 1.29 is 9.84 Å². The van der Waals surface area contributed by atoms with Crippen LogP contribution < -0.4 is 0 Å². The lowest BCUT2D eigenvalue weighted by atomic mass is 10.2. The average Bonchev–Trinajstić information content (AvgIpc) is 2.83. The molecule has 2 aliphatic rings. The van der Waals surface area contributed by atoms with Crippen molar-refractivity contribution in [1.82, 2.24) is 9.80 Å². The standard InChI is InChI=1S/C12H24N2O2S/c1-13(11-2-7-17-10-11)8-12(15)9-14-3-5-16-6-4-14/h11-12,15H,2-10H2,1H3. The minimum atomic E-state index is -0.233. The summed E-state index contributed by atoms with van der Waals surface area (Å²) in [5.41, 5.74) is 0. The molecule has 0 saturated carbocycles. The van der Waals surface area contributed by atoms with Gasteiger partial charge in [0.15, 0.2) is 0 Å². The summed E-state index contributed by atoms with van der Waals surface area (Å²) < 4.78 is 5.31. The Bertz CT molecular complexity index is 219. The van der Waals surface area contributed by atoms with Crippen molar-refractivity contribution in [3.05, 3.63) is 0 Å². The Kier molecular flexibility index (Phi) is 5.56. The van der Waals surface area contributed by atoms with Crippen LogP contribution in [0.4, 0.5) is 0 Å². The van der Waals surface area contributed by atoms with Crippen LogP contribution in [-0.2, 0) is 4.74 Å². The number of nitrogens with zero attached hydrogens (tertiary/aromatic N) is 2. The van der Waals surface area contributed by atoms with Crippen molar-refractivity contribution in [1.29, 1.82) is 0 Å². The first kappa shape index (κ1) is 13.6. The van der Waals surface area contributed by atoms with E-state index < -0.39 is 0 Å². The molecule has 2 rings (SSSR count). The molecule has 0 amide bonds. The summed E-state index contributed by atoms with van der Waals surface area (Å²) in [5, 5.41) is 10.1. The maximum Gasteiger partial charge on any atom is 0.0793 e. The first-order valence-electron chi connectivity index (χ1n) is 6.52. The lowest BCUT2D eigenvalue weighted by molar-refractivity contribution is 0.00656. The fraction of sp³-hybridized carbons (Fsp3) is 1.00. The lowest BCUT2D eigenvalue weighted by Crippen LogP contribution is -2.45. The Labute approximate surface area is 108 Å². The normalized spacial score (nSPS) is 28.8. The Balaban J connectivity index is 1.66. The minimum Gasteiger partial charge on any atom is -0.390 e. The molecule has 2 fully saturated rings. The van der Waals surface area contributed by atoms with Gasteiger partial charge in [-0.05, 0) is 19.2 Å². The molecule has 0 bridgehead atoms. The van der Waals surface area contributed by atoms with Crippen molar-refractivity contribution in [2.45, 2.75) is 18.6 Å². The monoisotopic (exact) mass is 260 g/mol. The number of ether oxygens (including phenoxy) is 1. The maximum atomic E-state index is 10.1. The van der Waals surface area contributed by atoms with Crippen molar-refractivity contribution >= 4 is 11.8 Å². The van der Waals surface area contributed by atoms with E-state index in [1.165, 1.54) is 17.9 Å². The van der Waals surface area contributed by atoms with E-state index in [9.17, 15) is 5.11 Å². The van der Waals surface area contributed by atoms with Crippen LogP contribution in [-0.4, -0.2) is 85.0 Å². The number of morpholine rings is 1. The second-order valence-corrected chi connectivity index (χ2v) is 6.17. The second-order valence-electron chi connectivity index (χ2n) is 5.02. The van der Waals surface area contributed by atoms with Crippen molar-refractivity contribution in [2.75, 3.05) is 57.9 Å². The molecule has 2 saturated heterocycles. The molecular formula is C12H24N2O2S. The molecule has 0 aromatic carbocycles. The molecule has 2 aliphatic heterocycles. The summed E-state index contributed by atoms with van der Waals surface area (Å²) in [6.07, 6.45) is 1.04. The van der Waals surface area contributed by atoms with Gasteiger partial charge in [0.25, 0.3) is 0 Å². The van der Waals surface area contributed by atoms with Gasteiger partial charge in [-0.25, -0.2) is 0 Å². The van der Waals surface area contributed by atoms with Crippen LogP contribution in [0.2, 0.25) is 0 Å². The van der Waals surface area contributed by atoms with Gasteiger partial charge in [-0.1, -0.05) is 0 Å². The highest BCUT2D eigenvalue weighted by Gasteiger charge is 2.23. The highest BCUT2D eigenvalue weighted by atomic mass is 32.2. The average molecular weight is 260 g/mol. The van der Waals surface area contributed by atoms with Gasteiger partial charge in [0.2, 0.25) is 0 Å². The number of aliphatic hydroxyl groups is 1. The number of likely N-dealkylation sites (N-methyl/N-ethyl adjacent to an activating group) is 1. The molecule has 2 atom stereocenters. The summed E-state index contributed by atoms with van der Waals surface area (Å²) in [6, 6.07) is 0.666. The fourth-order valence-electron chi connectivity index (χ4n) is 2.49. The molecule has 4 nitrogen and oxygen atoms in total. The first-order valence-corrected chi connectivity index (χ1v) is 7.67. The van der Waals surface area contributed by atoms with Gasteiger partial charge >= 0.3 is 0 Å². The summed E-state index contributed by atoms with van der Waals surface area (Å²) in [6.45, 7) is 5.11. The quantitative estimate of drug-likeness (QED) is 0.759. The molecule has 0 aromatic rings. The molecule has 2 heterocycles. The van der Waals surface area contributed by atoms with Crippen LogP contribution in [0, 0.1) is 0 Å². The summed E-state index contributed by atoms with van der Waals surface area (Å²) >= 11 is 2.02. The third kappa shape index (κ3) is 4.41. The van der Waals surface area contributed by atoms with Gasteiger partial charge in [0, 0.05) is 38.0 Å². The zero-order chi connectivity index (χ0) is 12.1. The minimum absolute atomic E-state index is 0.233. The van der Waals surface area contributed by atoms with Crippen LogP contribution in [0.3, 0.4) is 0 Å². The molecule has 17 heavy (non-hydrogen) atoms. The highest BCUT2D eigenvalue weighted by molar-refractivity contribution is 7.99. The van der Waals surface area contributed by atoms with E-state index in [0.717, 1.165) is 39.4 Å². The topological polar surface area (TPSA) is 35.9 Å². The Hall–Kier alpha value is 0.190. The molecule has 0 aromatic heterocycles. The van der Waals surface area contributed by atoms with Gasteiger partial charge in [0.1, 0.15) is 0 Å². The van der Waals surface area contributed by atoms with E-state index in [1.807, 2.05) is 11.8 Å². The van der Waals surface area contributed by atoms with Crippen molar-refractivity contribution in [3.8, 4) is 0 Å². The Morgan fingerprint density at radius 1 is 1.47 bits per heavy atom. The van der Waals surface area contributed by atoms with E-state index in [-0.39, 0.29) is 6.10 Å². The predicted octanol–water partition coefficient (Wildman–Crippen LogP) is 0.117. The van der Waals surface area contributed by atoms with E-state index in [1.54, 1.807) is 0 Å². The molecule has 0 spiro atoms. The van der Waals surface area contributed by atoms with E-state index in [2.05, 4.69) is 16.8 Å². The van der Waals surface area contributed by atoms with Gasteiger partial charge in [-0.2, -0.15) is 11.8 Å². The van der Waals surface area contributed by atoms with E-state index in [4.69, 9.17) is 4.74 Å². The molecule has 5 heteroatoms. The Morgan fingerprint density at radius 2 is 2.24 bits per heavy atom. The second kappa shape index (κ2) is 6.95. The van der Waals surface area contributed by atoms with Crippen LogP contribution in [0.5, 0.6) is 0 Å².